The first-order chi connectivity index (χ1) is 8.75. The molecule has 0 bridgehead atoms. The molecule has 0 spiro atoms. The Morgan fingerprint density at radius 2 is 1.89 bits per heavy atom. The maximum Gasteiger partial charge on any atom is 0.250 e. The fourth-order valence-electron chi connectivity index (χ4n) is 2.08. The first-order valence-electron chi connectivity index (χ1n) is 5.81. The second-order valence-corrected chi connectivity index (χ2v) is 4.24. The van der Waals surface area contributed by atoms with E-state index in [2.05, 4.69) is 4.98 Å². The Labute approximate surface area is 104 Å². The summed E-state index contributed by atoms with van der Waals surface area (Å²) in [6, 6.07) is 13.1. The number of hydrogen-bond acceptors (Lipinski definition) is 2. The third-order valence-electron chi connectivity index (χ3n) is 3.09. The van der Waals surface area contributed by atoms with Crippen molar-refractivity contribution in [1.82, 2.24) is 14.1 Å². The number of rotatable bonds is 2. The molecule has 0 aliphatic carbocycles. The molecule has 0 fully saturated rings. The minimum atomic E-state index is -0.00967. The Balaban J connectivity index is 2.08. The molecule has 0 amide bonds. The summed E-state index contributed by atoms with van der Waals surface area (Å²) in [7, 11) is 1.97. The van der Waals surface area contributed by atoms with E-state index in [1.807, 2.05) is 41.9 Å². The molecule has 4 heteroatoms. The SMILES string of the molecule is Cn1c(Cn2ccccc2=O)nc2ccccc21. The average molecular weight is 239 g/mol. The first-order valence-corrected chi connectivity index (χ1v) is 5.81. The topological polar surface area (TPSA) is 39.8 Å². The predicted molar refractivity (Wildman–Crippen MR) is 70.5 cm³/mol. The van der Waals surface area contributed by atoms with Gasteiger partial charge in [-0.15, -0.1) is 0 Å². The van der Waals surface area contributed by atoms with Gasteiger partial charge < -0.3 is 9.13 Å². The van der Waals surface area contributed by atoms with E-state index >= 15 is 0 Å². The number of fused-ring (bicyclic) bond motifs is 1. The van der Waals surface area contributed by atoms with Crippen molar-refractivity contribution in [2.75, 3.05) is 0 Å². The minimum Gasteiger partial charge on any atom is -0.330 e. The summed E-state index contributed by atoms with van der Waals surface area (Å²) in [5.41, 5.74) is 2.03. The maximum absolute atomic E-state index is 11.7. The number of para-hydroxylation sites is 2. The van der Waals surface area contributed by atoms with Gasteiger partial charge in [0.05, 0.1) is 17.6 Å². The maximum atomic E-state index is 11.7. The highest BCUT2D eigenvalue weighted by Crippen LogP contribution is 2.14. The van der Waals surface area contributed by atoms with Gasteiger partial charge in [0, 0.05) is 19.3 Å². The quantitative estimate of drug-likeness (QED) is 0.684. The molecular formula is C14H13N3O. The van der Waals surface area contributed by atoms with Gasteiger partial charge in [0.1, 0.15) is 5.82 Å². The van der Waals surface area contributed by atoms with Crippen LogP contribution in [-0.4, -0.2) is 14.1 Å². The fourth-order valence-corrected chi connectivity index (χ4v) is 2.08. The standard InChI is InChI=1S/C14H13N3O/c1-16-12-7-3-2-6-11(12)15-13(16)10-17-9-5-4-8-14(17)18/h2-9H,10H2,1H3. The summed E-state index contributed by atoms with van der Waals surface area (Å²) in [4.78, 5) is 16.2. The molecule has 18 heavy (non-hydrogen) atoms. The molecule has 2 aromatic heterocycles. The Morgan fingerprint density at radius 3 is 2.67 bits per heavy atom. The number of pyridine rings is 1. The summed E-state index contributed by atoms with van der Waals surface area (Å²) < 4.78 is 3.68. The van der Waals surface area contributed by atoms with Crippen LogP contribution in [-0.2, 0) is 13.6 Å². The second kappa shape index (κ2) is 4.14. The van der Waals surface area contributed by atoms with Crippen LogP contribution in [0.3, 0.4) is 0 Å². The van der Waals surface area contributed by atoms with Gasteiger partial charge in [0.2, 0.25) is 0 Å². The van der Waals surface area contributed by atoms with Crippen LogP contribution in [0, 0.1) is 0 Å². The van der Waals surface area contributed by atoms with E-state index in [0.29, 0.717) is 6.54 Å². The smallest absolute Gasteiger partial charge is 0.250 e. The Hall–Kier alpha value is -2.36. The molecule has 0 unspecified atom stereocenters. The molecule has 90 valence electrons. The van der Waals surface area contributed by atoms with Gasteiger partial charge >= 0.3 is 0 Å². The summed E-state index contributed by atoms with van der Waals surface area (Å²) in [5, 5.41) is 0. The third kappa shape index (κ3) is 1.72. The molecule has 0 aliphatic heterocycles. The minimum absolute atomic E-state index is 0.00967. The van der Waals surface area contributed by atoms with Crippen LogP contribution in [0.25, 0.3) is 11.0 Å². The Kier molecular flexibility index (Phi) is 2.48. The Bertz CT molecular complexity index is 755. The number of hydrogen-bond donors (Lipinski definition) is 0. The van der Waals surface area contributed by atoms with E-state index in [9.17, 15) is 4.79 Å². The zero-order valence-corrected chi connectivity index (χ0v) is 10.1. The molecule has 4 nitrogen and oxygen atoms in total. The molecular weight excluding hydrogens is 226 g/mol. The Morgan fingerprint density at radius 1 is 1.11 bits per heavy atom. The molecule has 2 heterocycles. The van der Waals surface area contributed by atoms with Crippen molar-refractivity contribution in [3.63, 3.8) is 0 Å². The van der Waals surface area contributed by atoms with Crippen molar-refractivity contribution in [2.24, 2.45) is 7.05 Å². The van der Waals surface area contributed by atoms with Gasteiger partial charge in [0.15, 0.2) is 0 Å². The van der Waals surface area contributed by atoms with E-state index in [1.54, 1.807) is 22.9 Å². The number of imidazole rings is 1. The van der Waals surface area contributed by atoms with Gasteiger partial charge in [-0.25, -0.2) is 4.98 Å². The van der Waals surface area contributed by atoms with Gasteiger partial charge in [-0.3, -0.25) is 4.79 Å². The van der Waals surface area contributed by atoms with Crippen LogP contribution in [0.1, 0.15) is 5.82 Å². The van der Waals surface area contributed by atoms with Crippen molar-refractivity contribution in [1.29, 1.82) is 0 Å². The van der Waals surface area contributed by atoms with E-state index < -0.39 is 0 Å². The summed E-state index contributed by atoms with van der Waals surface area (Å²) in [6.07, 6.45) is 1.78. The van der Waals surface area contributed by atoms with Gasteiger partial charge in [-0.05, 0) is 18.2 Å². The largest absolute Gasteiger partial charge is 0.330 e. The van der Waals surface area contributed by atoms with E-state index in [1.165, 1.54) is 0 Å². The van der Waals surface area contributed by atoms with Gasteiger partial charge in [0.25, 0.3) is 5.56 Å². The van der Waals surface area contributed by atoms with Crippen molar-refractivity contribution in [3.8, 4) is 0 Å². The van der Waals surface area contributed by atoms with E-state index in [-0.39, 0.29) is 5.56 Å². The normalized spacial score (nSPS) is 10.9. The second-order valence-electron chi connectivity index (χ2n) is 4.24. The number of benzene rings is 1. The van der Waals surface area contributed by atoms with Gasteiger partial charge in [-0.1, -0.05) is 18.2 Å². The summed E-state index contributed by atoms with van der Waals surface area (Å²) in [5.74, 6) is 0.879. The first kappa shape index (κ1) is 10.8. The molecule has 0 radical (unpaired) electrons. The lowest BCUT2D eigenvalue weighted by atomic mass is 10.3. The van der Waals surface area contributed by atoms with Crippen LogP contribution < -0.4 is 5.56 Å². The van der Waals surface area contributed by atoms with Crippen LogP contribution >= 0.6 is 0 Å². The van der Waals surface area contributed by atoms with E-state index in [0.717, 1.165) is 16.9 Å². The predicted octanol–water partition coefficient (Wildman–Crippen LogP) is 1.78. The molecule has 0 aliphatic rings. The molecule has 3 aromatic rings. The summed E-state index contributed by atoms with van der Waals surface area (Å²) in [6.45, 7) is 0.491. The average Bonchev–Trinajstić information content (AvgIpc) is 2.70. The van der Waals surface area contributed by atoms with E-state index in [4.69, 9.17) is 0 Å². The summed E-state index contributed by atoms with van der Waals surface area (Å²) >= 11 is 0. The van der Waals surface area contributed by atoms with Crippen LogP contribution in [0.5, 0.6) is 0 Å². The van der Waals surface area contributed by atoms with Crippen LogP contribution in [0.2, 0.25) is 0 Å². The molecule has 0 saturated carbocycles. The lowest BCUT2D eigenvalue weighted by molar-refractivity contribution is 0.686. The molecule has 3 rings (SSSR count). The number of aryl methyl sites for hydroxylation is 1. The number of aromatic nitrogens is 3. The third-order valence-corrected chi connectivity index (χ3v) is 3.09. The fraction of sp³-hybridized carbons (Fsp3) is 0.143. The molecule has 0 saturated heterocycles. The monoisotopic (exact) mass is 239 g/mol. The highest BCUT2D eigenvalue weighted by Gasteiger charge is 2.07. The highest BCUT2D eigenvalue weighted by atomic mass is 16.1. The molecule has 0 atom stereocenters. The lowest BCUT2D eigenvalue weighted by Gasteiger charge is -2.05. The van der Waals surface area contributed by atoms with Crippen molar-refractivity contribution >= 4 is 11.0 Å². The van der Waals surface area contributed by atoms with Crippen molar-refractivity contribution in [3.05, 3.63) is 64.8 Å². The van der Waals surface area contributed by atoms with Gasteiger partial charge in [-0.2, -0.15) is 0 Å². The zero-order chi connectivity index (χ0) is 12.5. The van der Waals surface area contributed by atoms with Crippen molar-refractivity contribution < 1.29 is 0 Å². The zero-order valence-electron chi connectivity index (χ0n) is 10.1. The van der Waals surface area contributed by atoms with Crippen LogP contribution in [0.15, 0.2) is 53.5 Å². The van der Waals surface area contributed by atoms with Crippen molar-refractivity contribution in [2.45, 2.75) is 6.54 Å². The highest BCUT2D eigenvalue weighted by molar-refractivity contribution is 5.75. The lowest BCUT2D eigenvalue weighted by Crippen LogP contribution is -2.20. The van der Waals surface area contributed by atoms with Crippen LogP contribution in [0.4, 0.5) is 0 Å². The molecule has 0 N–H and O–H groups in total. The molecule has 1 aromatic carbocycles. The number of nitrogens with zero attached hydrogens (tertiary/aromatic N) is 3.